The van der Waals surface area contributed by atoms with Crippen molar-refractivity contribution >= 4 is 28.7 Å². The normalized spacial score (nSPS) is 21.2. The van der Waals surface area contributed by atoms with Crippen LogP contribution in [0.1, 0.15) is 36.2 Å². The van der Waals surface area contributed by atoms with Crippen molar-refractivity contribution in [3.05, 3.63) is 24.1 Å². The summed E-state index contributed by atoms with van der Waals surface area (Å²) in [6.07, 6.45) is 6.32. The third-order valence-corrected chi connectivity index (χ3v) is 5.26. The van der Waals surface area contributed by atoms with Crippen molar-refractivity contribution in [2.45, 2.75) is 31.7 Å². The Morgan fingerprint density at radius 3 is 2.81 bits per heavy atom. The molecule has 4 rings (SSSR count). The van der Waals surface area contributed by atoms with Gasteiger partial charge < -0.3 is 20.4 Å². The van der Waals surface area contributed by atoms with Gasteiger partial charge in [0.1, 0.15) is 11.2 Å². The van der Waals surface area contributed by atoms with E-state index in [0.717, 1.165) is 19.5 Å². The molecule has 3 amide bonds. The van der Waals surface area contributed by atoms with Crippen LogP contribution >= 0.6 is 0 Å². The minimum absolute atomic E-state index is 0.0705. The summed E-state index contributed by atoms with van der Waals surface area (Å²) in [5, 5.41) is 2.79. The number of anilines is 1. The molecule has 4 heterocycles. The van der Waals surface area contributed by atoms with Gasteiger partial charge in [0.25, 0.3) is 5.91 Å². The second-order valence-electron chi connectivity index (χ2n) is 6.94. The van der Waals surface area contributed by atoms with Crippen LogP contribution in [0.5, 0.6) is 0 Å². The Morgan fingerprint density at radius 2 is 2.04 bits per heavy atom. The van der Waals surface area contributed by atoms with Crippen LogP contribution in [0.2, 0.25) is 0 Å². The van der Waals surface area contributed by atoms with Crippen LogP contribution in [-0.2, 0) is 0 Å². The number of hydrogen-bond acceptors (Lipinski definition) is 5. The highest BCUT2D eigenvalue weighted by molar-refractivity contribution is 6.08. The highest BCUT2D eigenvalue weighted by Gasteiger charge is 2.32. The minimum Gasteiger partial charge on any atom is -0.447 e. The second-order valence-corrected chi connectivity index (χ2v) is 6.94. The predicted octanol–water partition coefficient (Wildman–Crippen LogP) is 2.02. The number of rotatable bonds is 3. The third kappa shape index (κ3) is 3.12. The maximum Gasteiger partial charge on any atom is 0.322 e. The standard InChI is InChI=1S/C18H23N5O3/c19-17(24)16-15(14-13(26-16)5-4-7-20-14)21-18(25)23-10-6-12(11-23)22-8-2-1-3-9-22/h4-5,7,12H,1-3,6,8-11H2,(H2,19,24)(H,21,25)/t12-/m1/s1. The van der Waals surface area contributed by atoms with Crippen LogP contribution in [0.4, 0.5) is 10.5 Å². The lowest BCUT2D eigenvalue weighted by atomic mass is 10.1. The molecule has 26 heavy (non-hydrogen) atoms. The van der Waals surface area contributed by atoms with E-state index in [4.69, 9.17) is 10.2 Å². The molecule has 2 saturated heterocycles. The van der Waals surface area contributed by atoms with Crippen LogP contribution in [-0.4, -0.2) is 58.9 Å². The number of amides is 3. The van der Waals surface area contributed by atoms with E-state index in [1.807, 2.05) is 0 Å². The number of carbonyl (C=O) groups is 2. The van der Waals surface area contributed by atoms with Crippen LogP contribution in [0, 0.1) is 0 Å². The molecule has 0 radical (unpaired) electrons. The number of aromatic nitrogens is 1. The number of primary amides is 1. The summed E-state index contributed by atoms with van der Waals surface area (Å²) in [5.41, 5.74) is 6.50. The first-order chi connectivity index (χ1) is 12.6. The lowest BCUT2D eigenvalue weighted by Gasteiger charge is -2.32. The average molecular weight is 357 g/mol. The van der Waals surface area contributed by atoms with E-state index in [-0.39, 0.29) is 17.5 Å². The highest BCUT2D eigenvalue weighted by atomic mass is 16.3. The smallest absolute Gasteiger partial charge is 0.322 e. The zero-order valence-corrected chi connectivity index (χ0v) is 14.6. The SMILES string of the molecule is NC(=O)c1oc2cccnc2c1NC(=O)N1CC[C@@H](N2CCCCC2)C1. The average Bonchev–Trinajstić information content (AvgIpc) is 3.28. The van der Waals surface area contributed by atoms with Crippen molar-refractivity contribution in [3.8, 4) is 0 Å². The molecule has 2 aromatic rings. The highest BCUT2D eigenvalue weighted by Crippen LogP contribution is 2.29. The Morgan fingerprint density at radius 1 is 1.23 bits per heavy atom. The van der Waals surface area contributed by atoms with Gasteiger partial charge in [0.05, 0.1) is 0 Å². The van der Waals surface area contributed by atoms with E-state index in [2.05, 4.69) is 15.2 Å². The number of likely N-dealkylation sites (tertiary alicyclic amines) is 2. The topological polar surface area (TPSA) is 105 Å². The van der Waals surface area contributed by atoms with Crippen molar-refractivity contribution < 1.29 is 14.0 Å². The molecule has 2 aliphatic heterocycles. The van der Waals surface area contributed by atoms with Crippen LogP contribution in [0.3, 0.4) is 0 Å². The van der Waals surface area contributed by atoms with Gasteiger partial charge in [0, 0.05) is 25.3 Å². The van der Waals surface area contributed by atoms with E-state index in [1.54, 1.807) is 23.2 Å². The molecule has 138 valence electrons. The Kier molecular flexibility index (Phi) is 4.50. The van der Waals surface area contributed by atoms with Gasteiger partial charge in [-0.3, -0.25) is 14.7 Å². The maximum atomic E-state index is 12.7. The van der Waals surface area contributed by atoms with Crippen molar-refractivity contribution in [1.82, 2.24) is 14.8 Å². The van der Waals surface area contributed by atoms with Crippen LogP contribution < -0.4 is 11.1 Å². The number of piperidine rings is 1. The molecule has 0 aromatic carbocycles. The summed E-state index contributed by atoms with van der Waals surface area (Å²) in [6, 6.07) is 3.55. The lowest BCUT2D eigenvalue weighted by molar-refractivity contribution is 0.0977. The summed E-state index contributed by atoms with van der Waals surface area (Å²) < 4.78 is 5.46. The molecule has 1 atom stereocenters. The number of nitrogens with two attached hydrogens (primary N) is 1. The molecule has 0 unspecified atom stereocenters. The maximum absolute atomic E-state index is 12.7. The molecule has 0 aliphatic carbocycles. The number of hydrogen-bond donors (Lipinski definition) is 2. The zero-order chi connectivity index (χ0) is 18.1. The molecular formula is C18H23N5O3. The summed E-state index contributed by atoms with van der Waals surface area (Å²) in [7, 11) is 0. The number of nitrogens with one attached hydrogen (secondary N) is 1. The van der Waals surface area contributed by atoms with Gasteiger partial charge in [-0.1, -0.05) is 6.42 Å². The molecule has 0 bridgehead atoms. The van der Waals surface area contributed by atoms with E-state index >= 15 is 0 Å². The molecule has 0 spiro atoms. The number of pyridine rings is 1. The Balaban J connectivity index is 1.49. The molecule has 2 aromatic heterocycles. The van der Waals surface area contributed by atoms with E-state index in [1.165, 1.54) is 19.3 Å². The number of fused-ring (bicyclic) bond motifs is 1. The number of furan rings is 1. The van der Waals surface area contributed by atoms with E-state index in [9.17, 15) is 9.59 Å². The molecule has 2 aliphatic rings. The Bertz CT molecular complexity index is 827. The summed E-state index contributed by atoms with van der Waals surface area (Å²) in [6.45, 7) is 3.62. The Hall–Kier alpha value is -2.61. The molecule has 8 nitrogen and oxygen atoms in total. The minimum atomic E-state index is -0.731. The van der Waals surface area contributed by atoms with Gasteiger partial charge in [-0.2, -0.15) is 0 Å². The fraction of sp³-hybridized carbons (Fsp3) is 0.500. The lowest BCUT2D eigenvalue weighted by Crippen LogP contribution is -2.42. The fourth-order valence-electron chi connectivity index (χ4n) is 3.91. The van der Waals surface area contributed by atoms with Crippen molar-refractivity contribution in [2.24, 2.45) is 5.73 Å². The van der Waals surface area contributed by atoms with E-state index in [0.29, 0.717) is 30.2 Å². The van der Waals surface area contributed by atoms with Gasteiger partial charge in [-0.25, -0.2) is 4.79 Å². The quantitative estimate of drug-likeness (QED) is 0.874. The number of carbonyl (C=O) groups excluding carboxylic acids is 2. The molecule has 0 saturated carbocycles. The molecular weight excluding hydrogens is 334 g/mol. The van der Waals surface area contributed by atoms with Crippen LogP contribution in [0.25, 0.3) is 11.1 Å². The molecule has 2 fully saturated rings. The first-order valence-corrected chi connectivity index (χ1v) is 9.11. The Labute approximate surface area is 151 Å². The van der Waals surface area contributed by atoms with Gasteiger partial charge in [-0.05, 0) is 44.5 Å². The van der Waals surface area contributed by atoms with Crippen molar-refractivity contribution in [3.63, 3.8) is 0 Å². The van der Waals surface area contributed by atoms with Gasteiger partial charge in [0.15, 0.2) is 5.58 Å². The monoisotopic (exact) mass is 357 g/mol. The zero-order valence-electron chi connectivity index (χ0n) is 14.6. The largest absolute Gasteiger partial charge is 0.447 e. The van der Waals surface area contributed by atoms with Gasteiger partial charge >= 0.3 is 6.03 Å². The van der Waals surface area contributed by atoms with Crippen molar-refractivity contribution in [1.29, 1.82) is 0 Å². The van der Waals surface area contributed by atoms with Gasteiger partial charge in [0.2, 0.25) is 5.76 Å². The predicted molar refractivity (Wildman–Crippen MR) is 96.9 cm³/mol. The van der Waals surface area contributed by atoms with Crippen molar-refractivity contribution in [2.75, 3.05) is 31.5 Å². The third-order valence-electron chi connectivity index (χ3n) is 5.26. The van der Waals surface area contributed by atoms with Crippen LogP contribution in [0.15, 0.2) is 22.7 Å². The first kappa shape index (κ1) is 16.8. The molecule has 3 N–H and O–H groups in total. The number of urea groups is 1. The van der Waals surface area contributed by atoms with Gasteiger partial charge in [-0.15, -0.1) is 0 Å². The second kappa shape index (κ2) is 6.95. The summed E-state index contributed by atoms with van der Waals surface area (Å²) in [4.78, 5) is 32.9. The first-order valence-electron chi connectivity index (χ1n) is 9.11. The summed E-state index contributed by atoms with van der Waals surface area (Å²) in [5.74, 6) is -0.801. The number of nitrogens with zero attached hydrogens (tertiary/aromatic N) is 3. The van der Waals surface area contributed by atoms with E-state index < -0.39 is 5.91 Å². The fourth-order valence-corrected chi connectivity index (χ4v) is 3.91. The summed E-state index contributed by atoms with van der Waals surface area (Å²) >= 11 is 0. The molecule has 8 heteroatoms.